The van der Waals surface area contributed by atoms with E-state index < -0.39 is 12.0 Å². The largest absolute Gasteiger partial charge is 0.497 e. The first kappa shape index (κ1) is 31.8. The van der Waals surface area contributed by atoms with Crippen molar-refractivity contribution in [3.8, 4) is 11.5 Å². The second kappa shape index (κ2) is 15.9. The number of carbonyl (C=O) groups is 3. The van der Waals surface area contributed by atoms with E-state index in [1.54, 1.807) is 42.3 Å². The number of nitrogens with one attached hydrogen (secondary N) is 1. The van der Waals surface area contributed by atoms with Crippen LogP contribution in [0.25, 0.3) is 0 Å². The predicted octanol–water partition coefficient (Wildman–Crippen LogP) is 6.33. The molecule has 0 saturated heterocycles. The molecule has 0 aliphatic rings. The van der Waals surface area contributed by atoms with Crippen LogP contribution in [0.3, 0.4) is 0 Å². The quantitative estimate of drug-likeness (QED) is 0.127. The molecule has 0 aliphatic heterocycles. The summed E-state index contributed by atoms with van der Waals surface area (Å²) in [5.74, 6) is 0.762. The molecule has 1 atom stereocenters. The van der Waals surface area contributed by atoms with E-state index >= 15 is 0 Å². The number of nitrogens with zero attached hydrogens (tertiary/aromatic N) is 1. The van der Waals surface area contributed by atoms with Crippen molar-refractivity contribution in [3.05, 3.63) is 120 Å². The Labute approximate surface area is 258 Å². The lowest BCUT2D eigenvalue weighted by molar-refractivity contribution is -0.141. The van der Waals surface area contributed by atoms with Crippen LogP contribution in [0, 0.1) is 0 Å². The molecule has 0 fully saturated rings. The van der Waals surface area contributed by atoms with E-state index in [0.717, 1.165) is 17.7 Å². The van der Waals surface area contributed by atoms with Crippen LogP contribution in [0.5, 0.6) is 11.5 Å². The summed E-state index contributed by atoms with van der Waals surface area (Å²) in [4.78, 5) is 40.5. The lowest BCUT2D eigenvalue weighted by Gasteiger charge is -2.23. The van der Waals surface area contributed by atoms with Crippen LogP contribution in [-0.2, 0) is 20.7 Å². The van der Waals surface area contributed by atoms with Gasteiger partial charge in [0.1, 0.15) is 24.1 Å². The van der Waals surface area contributed by atoms with Gasteiger partial charge in [-0.05, 0) is 48.4 Å². The van der Waals surface area contributed by atoms with Crippen LogP contribution >= 0.6 is 0 Å². The van der Waals surface area contributed by atoms with E-state index in [1.807, 2.05) is 79.7 Å². The van der Waals surface area contributed by atoms with Gasteiger partial charge in [0.15, 0.2) is 5.78 Å². The van der Waals surface area contributed by atoms with Crippen molar-refractivity contribution in [2.75, 3.05) is 37.6 Å². The highest BCUT2D eigenvalue weighted by Gasteiger charge is 2.23. The monoisotopic (exact) mass is 594 g/mol. The van der Waals surface area contributed by atoms with Crippen LogP contribution in [-0.4, -0.2) is 51.1 Å². The van der Waals surface area contributed by atoms with Crippen LogP contribution in [0.1, 0.15) is 41.3 Å². The Hall–Kier alpha value is -5.11. The van der Waals surface area contributed by atoms with E-state index in [9.17, 15) is 14.4 Å². The molecule has 4 aromatic carbocycles. The number of amides is 1. The lowest BCUT2D eigenvalue weighted by Crippen LogP contribution is -2.34. The van der Waals surface area contributed by atoms with Crippen LogP contribution in [0.4, 0.5) is 11.4 Å². The van der Waals surface area contributed by atoms with Gasteiger partial charge >= 0.3 is 5.97 Å². The Morgan fingerprint density at radius 1 is 0.818 bits per heavy atom. The van der Waals surface area contributed by atoms with Gasteiger partial charge in [-0.3, -0.25) is 9.59 Å². The van der Waals surface area contributed by atoms with Crippen molar-refractivity contribution < 1.29 is 28.6 Å². The summed E-state index contributed by atoms with van der Waals surface area (Å²) >= 11 is 0. The van der Waals surface area contributed by atoms with Crippen LogP contribution in [0.2, 0.25) is 0 Å². The molecule has 0 aliphatic carbocycles. The zero-order valence-electron chi connectivity index (χ0n) is 25.3. The summed E-state index contributed by atoms with van der Waals surface area (Å²) < 4.78 is 16.4. The van der Waals surface area contributed by atoms with Crippen molar-refractivity contribution >= 4 is 29.0 Å². The molecule has 228 valence electrons. The van der Waals surface area contributed by atoms with Crippen LogP contribution < -0.4 is 19.7 Å². The lowest BCUT2D eigenvalue weighted by atomic mass is 10.00. The number of anilines is 2. The first-order valence-corrected chi connectivity index (χ1v) is 14.6. The summed E-state index contributed by atoms with van der Waals surface area (Å²) in [6.45, 7) is 2.65. The number of rotatable bonds is 15. The van der Waals surface area contributed by atoms with Crippen LogP contribution in [0.15, 0.2) is 103 Å². The maximum absolute atomic E-state index is 13.2. The number of methoxy groups -OCH3 is 2. The highest BCUT2D eigenvalue weighted by molar-refractivity contribution is 6.12. The maximum Gasteiger partial charge on any atom is 0.328 e. The molecule has 4 aromatic rings. The molecular weight excluding hydrogens is 556 g/mol. The van der Waals surface area contributed by atoms with Crippen molar-refractivity contribution in [2.24, 2.45) is 0 Å². The molecule has 4 rings (SSSR count). The number of hydrogen-bond acceptors (Lipinski definition) is 7. The maximum atomic E-state index is 13.2. The van der Waals surface area contributed by atoms with E-state index in [-0.39, 0.29) is 11.7 Å². The topological polar surface area (TPSA) is 94.2 Å². The van der Waals surface area contributed by atoms with Gasteiger partial charge < -0.3 is 24.4 Å². The highest BCUT2D eigenvalue weighted by Crippen LogP contribution is 2.24. The van der Waals surface area contributed by atoms with Gasteiger partial charge in [0, 0.05) is 41.4 Å². The van der Waals surface area contributed by atoms with E-state index in [4.69, 9.17) is 14.2 Å². The Morgan fingerprint density at radius 3 is 2.25 bits per heavy atom. The molecule has 0 radical (unpaired) electrons. The zero-order chi connectivity index (χ0) is 31.3. The molecule has 0 aromatic heterocycles. The molecule has 1 N–H and O–H groups in total. The minimum atomic E-state index is -0.725. The van der Waals surface area contributed by atoms with Gasteiger partial charge in [0.25, 0.3) is 0 Å². The van der Waals surface area contributed by atoms with Gasteiger partial charge in [-0.2, -0.15) is 0 Å². The molecule has 8 nitrogen and oxygen atoms in total. The number of para-hydroxylation sites is 1. The Balaban J connectivity index is 1.41. The normalized spacial score (nSPS) is 11.2. The third-order valence-corrected chi connectivity index (χ3v) is 7.10. The number of ether oxygens (including phenoxy) is 3. The Kier molecular flexibility index (Phi) is 11.5. The first-order chi connectivity index (χ1) is 21.4. The molecule has 1 unspecified atom stereocenters. The van der Waals surface area contributed by atoms with Gasteiger partial charge in [0.2, 0.25) is 5.91 Å². The molecule has 1 amide bonds. The van der Waals surface area contributed by atoms with E-state index in [1.165, 1.54) is 7.11 Å². The molecule has 0 spiro atoms. The molecule has 0 heterocycles. The van der Waals surface area contributed by atoms with Crippen molar-refractivity contribution in [1.82, 2.24) is 0 Å². The minimum absolute atomic E-state index is 0.0214. The molecule has 8 heteroatoms. The van der Waals surface area contributed by atoms with E-state index in [0.29, 0.717) is 54.3 Å². The highest BCUT2D eigenvalue weighted by atomic mass is 16.5. The number of esters is 1. The predicted molar refractivity (Wildman–Crippen MR) is 172 cm³/mol. The number of benzene rings is 4. The van der Waals surface area contributed by atoms with Gasteiger partial charge in [0.05, 0.1) is 20.8 Å². The number of hydrogen-bond donors (Lipinski definition) is 1. The molecule has 0 saturated carbocycles. The first-order valence-electron chi connectivity index (χ1n) is 14.6. The summed E-state index contributed by atoms with van der Waals surface area (Å²) in [5.41, 5.74) is 3.22. The second-order valence-electron chi connectivity index (χ2n) is 10.2. The summed E-state index contributed by atoms with van der Waals surface area (Å²) in [7, 11) is 2.94. The SMILES string of the molecule is CCCC(=O)N(CCOc1ccc(CC(Nc2ccccc2C(=O)c2ccccc2)C(=O)OC)cc1)c1cccc(OC)c1. The fourth-order valence-electron chi connectivity index (χ4n) is 4.81. The van der Waals surface area contributed by atoms with E-state index in [2.05, 4.69) is 5.32 Å². The fourth-order valence-corrected chi connectivity index (χ4v) is 4.81. The van der Waals surface area contributed by atoms with Crippen molar-refractivity contribution in [1.29, 1.82) is 0 Å². The molecule has 0 bridgehead atoms. The number of carbonyl (C=O) groups excluding carboxylic acids is 3. The van der Waals surface area contributed by atoms with Gasteiger partial charge in [-0.25, -0.2) is 4.79 Å². The fraction of sp³-hybridized carbons (Fsp3) is 0.250. The summed E-state index contributed by atoms with van der Waals surface area (Å²) in [6, 6.07) is 30.3. The van der Waals surface area contributed by atoms with Gasteiger partial charge in [-0.15, -0.1) is 0 Å². The van der Waals surface area contributed by atoms with Gasteiger partial charge in [-0.1, -0.05) is 67.6 Å². The zero-order valence-corrected chi connectivity index (χ0v) is 25.3. The van der Waals surface area contributed by atoms with Crippen molar-refractivity contribution in [3.63, 3.8) is 0 Å². The smallest absolute Gasteiger partial charge is 0.328 e. The molecular formula is C36H38N2O6. The average molecular weight is 595 g/mol. The summed E-state index contributed by atoms with van der Waals surface area (Å²) in [6.07, 6.45) is 1.51. The third kappa shape index (κ3) is 8.47. The number of ketones is 1. The standard InChI is InChI=1S/C36H38N2O6/c1-4-11-34(39)38(28-14-10-15-30(25-28)42-2)22-23-44-29-20-18-26(19-21-29)24-33(36(41)43-3)37-32-17-9-8-16-31(32)35(40)27-12-6-5-7-13-27/h5-10,12-21,25,33,37H,4,11,22-24H2,1-3H3. The summed E-state index contributed by atoms with van der Waals surface area (Å²) in [5, 5.41) is 3.23. The van der Waals surface area contributed by atoms with Crippen molar-refractivity contribution in [2.45, 2.75) is 32.2 Å². The second-order valence-corrected chi connectivity index (χ2v) is 10.2. The minimum Gasteiger partial charge on any atom is -0.497 e. The molecule has 44 heavy (non-hydrogen) atoms. The third-order valence-electron chi connectivity index (χ3n) is 7.10. The Bertz CT molecular complexity index is 1540. The Morgan fingerprint density at radius 2 is 1.55 bits per heavy atom. The average Bonchev–Trinajstić information content (AvgIpc) is 3.07.